The Morgan fingerprint density at radius 2 is 0.778 bits per heavy atom. The Bertz CT molecular complexity index is 2040. The van der Waals surface area contributed by atoms with E-state index in [4.69, 9.17) is 36.7 Å². The normalized spacial score (nSPS) is 17.2. The van der Waals surface area contributed by atoms with Crippen molar-refractivity contribution in [3.05, 3.63) is 29.8 Å². The zero-order valence-corrected chi connectivity index (χ0v) is 64.4. The molecule has 0 bridgehead atoms. The molecule has 0 aromatic heterocycles. The van der Waals surface area contributed by atoms with Gasteiger partial charge in [-0.25, -0.2) is 0 Å². The van der Waals surface area contributed by atoms with Crippen LogP contribution in [0.1, 0.15) is 198 Å². The summed E-state index contributed by atoms with van der Waals surface area (Å²) in [5, 5.41) is 10.5. The maximum absolute atomic E-state index is 13.2. The van der Waals surface area contributed by atoms with Gasteiger partial charge >= 0.3 is 11.9 Å². The van der Waals surface area contributed by atoms with Crippen LogP contribution in [0, 0.1) is 11.8 Å². The minimum Gasteiger partial charge on any atom is -0.497 e. The second-order valence-electron chi connectivity index (χ2n) is 32.4. The second kappa shape index (κ2) is 30.5. The summed E-state index contributed by atoms with van der Waals surface area (Å²) < 4.78 is 50.3. The minimum absolute atomic E-state index is 0.00282. The first-order valence-corrected chi connectivity index (χ1v) is 43.5. The molecule has 1 aromatic carbocycles. The number of carbonyl (C=O) groups excluding carboxylic acids is 2. The fraction of sp³-hybridized carbons (Fsp3) is 0.875. The average Bonchev–Trinajstić information content (AvgIpc) is 3.23. The number of hydrogen-bond donors (Lipinski definition) is 1. The van der Waals surface area contributed by atoms with Gasteiger partial charge in [-0.05, 0) is 159 Å². The highest BCUT2D eigenvalue weighted by Gasteiger charge is 2.49. The van der Waals surface area contributed by atoms with E-state index in [1.54, 1.807) is 18.9 Å². The lowest BCUT2D eigenvalue weighted by molar-refractivity contribution is -0.158. The van der Waals surface area contributed by atoms with Crippen LogP contribution < -0.4 is 4.74 Å². The summed E-state index contributed by atoms with van der Waals surface area (Å²) >= 11 is 3.66. The summed E-state index contributed by atoms with van der Waals surface area (Å²) in [6.07, 6.45) is -0.337. The largest absolute Gasteiger partial charge is 0.497 e. The molecular formula is C64H128O11S2Si4. The van der Waals surface area contributed by atoms with Crippen molar-refractivity contribution >= 4 is 68.7 Å². The number of benzene rings is 1. The SMILES string of the molecule is COc1ccc(COC[C@H](C)[C@H](O[Si](C)(C)C(C)(C)C)[C@@H](C)SC(C)(C)C(CC(=O)OC(C)(C)C)O[Si](C)(C)C(C)(C)C)cc1.C[C@@H](CO)[C@H](O[Si](C)(C)C(C)(C)C)[C@@H](C)SC(C)(C)C(CC(=O)OC(C)(C)C)O[Si](C)(C)C(C)(C)C. The minimum atomic E-state index is -2.20. The third-order valence-corrected chi connectivity index (χ3v) is 38.1. The van der Waals surface area contributed by atoms with Crippen LogP contribution in [-0.4, -0.2) is 126 Å². The van der Waals surface area contributed by atoms with Gasteiger partial charge in [0.1, 0.15) is 17.0 Å². The van der Waals surface area contributed by atoms with E-state index in [0.717, 1.165) is 11.3 Å². The molecule has 11 nitrogen and oxygen atoms in total. The molecule has 0 aliphatic rings. The molecule has 0 heterocycles. The molecule has 1 aromatic rings. The Morgan fingerprint density at radius 1 is 0.481 bits per heavy atom. The maximum Gasteiger partial charge on any atom is 0.308 e. The van der Waals surface area contributed by atoms with Crippen molar-refractivity contribution in [3.63, 3.8) is 0 Å². The van der Waals surface area contributed by atoms with Crippen molar-refractivity contribution in [3.8, 4) is 5.75 Å². The number of aliphatic hydroxyl groups is 1. The van der Waals surface area contributed by atoms with Crippen molar-refractivity contribution < 1.29 is 51.3 Å². The van der Waals surface area contributed by atoms with E-state index >= 15 is 0 Å². The van der Waals surface area contributed by atoms with Crippen LogP contribution in [0.2, 0.25) is 72.5 Å². The lowest BCUT2D eigenvalue weighted by Crippen LogP contribution is -2.52. The number of methoxy groups -OCH3 is 1. The highest BCUT2D eigenvalue weighted by Crippen LogP contribution is 2.48. The van der Waals surface area contributed by atoms with Gasteiger partial charge in [-0.2, -0.15) is 0 Å². The van der Waals surface area contributed by atoms with Gasteiger partial charge in [0.05, 0.1) is 57.6 Å². The van der Waals surface area contributed by atoms with Gasteiger partial charge in [0, 0.05) is 38.4 Å². The molecule has 0 aliphatic heterocycles. The van der Waals surface area contributed by atoms with Crippen LogP contribution in [0.15, 0.2) is 24.3 Å². The molecule has 0 aliphatic carbocycles. The van der Waals surface area contributed by atoms with E-state index in [1.807, 2.05) is 77.6 Å². The summed E-state index contributed by atoms with van der Waals surface area (Å²) in [7, 11) is -6.84. The predicted octanol–water partition coefficient (Wildman–Crippen LogP) is 18.3. The van der Waals surface area contributed by atoms with Crippen LogP contribution >= 0.6 is 23.5 Å². The Hall–Kier alpha value is -0.712. The Morgan fingerprint density at radius 3 is 1.05 bits per heavy atom. The smallest absolute Gasteiger partial charge is 0.308 e. The van der Waals surface area contributed by atoms with Crippen molar-refractivity contribution in [2.45, 2.75) is 328 Å². The zero-order chi connectivity index (χ0) is 64.4. The van der Waals surface area contributed by atoms with E-state index in [0.29, 0.717) is 13.2 Å². The Kier molecular flexibility index (Phi) is 30.2. The van der Waals surface area contributed by atoms with E-state index in [-0.39, 0.29) is 108 Å². The molecule has 0 spiro atoms. The van der Waals surface area contributed by atoms with Gasteiger partial charge in [0.2, 0.25) is 0 Å². The lowest BCUT2D eigenvalue weighted by atomic mass is 10.0. The number of hydrogen-bond acceptors (Lipinski definition) is 13. The Labute approximate surface area is 512 Å². The average molecular weight is 1250 g/mol. The van der Waals surface area contributed by atoms with Gasteiger partial charge in [-0.1, -0.05) is 123 Å². The predicted molar refractivity (Wildman–Crippen MR) is 360 cm³/mol. The first-order chi connectivity index (χ1) is 35.8. The third-order valence-electron chi connectivity index (χ3n) is 17.2. The van der Waals surface area contributed by atoms with E-state index in [9.17, 15) is 14.7 Å². The first kappa shape index (κ1) is 80.3. The molecule has 0 fully saturated rings. The topological polar surface area (TPSA) is 128 Å². The molecule has 1 rings (SSSR count). The summed E-state index contributed by atoms with van der Waals surface area (Å²) in [5.41, 5.74) is 0.0233. The van der Waals surface area contributed by atoms with Gasteiger partial charge < -0.3 is 41.8 Å². The number of ether oxygens (including phenoxy) is 4. The van der Waals surface area contributed by atoms with Crippen LogP contribution in [0.4, 0.5) is 0 Å². The number of thioether (sulfide) groups is 2. The Balaban J connectivity index is 0.00000162. The monoisotopic (exact) mass is 1250 g/mol. The van der Waals surface area contributed by atoms with Crippen LogP contribution in [0.5, 0.6) is 5.75 Å². The fourth-order valence-electron chi connectivity index (χ4n) is 7.90. The van der Waals surface area contributed by atoms with E-state index in [1.165, 1.54) is 0 Å². The van der Waals surface area contributed by atoms with Gasteiger partial charge in [0.25, 0.3) is 0 Å². The van der Waals surface area contributed by atoms with Crippen molar-refractivity contribution in [2.24, 2.45) is 11.8 Å². The molecule has 0 saturated carbocycles. The molecule has 17 heteroatoms. The number of aliphatic hydroxyl groups excluding tert-OH is 1. The molecule has 2 unspecified atom stereocenters. The molecular weight excluding hydrogens is 1120 g/mol. The number of carbonyl (C=O) groups is 2. The molecule has 8 atom stereocenters. The molecule has 478 valence electrons. The summed E-state index contributed by atoms with van der Waals surface area (Å²) in [4.78, 5) is 26.2. The summed E-state index contributed by atoms with van der Waals surface area (Å²) in [6, 6.07) is 8.01. The molecule has 1 N–H and O–H groups in total. The van der Waals surface area contributed by atoms with E-state index < -0.39 is 44.5 Å². The summed E-state index contributed by atoms with van der Waals surface area (Å²) in [5.74, 6) is 0.544. The van der Waals surface area contributed by atoms with E-state index in [2.05, 4.69) is 191 Å². The second-order valence-corrected chi connectivity index (χ2v) is 55.4. The number of rotatable bonds is 28. The highest BCUT2D eigenvalue weighted by atomic mass is 32.2. The van der Waals surface area contributed by atoms with Gasteiger partial charge in [0.15, 0.2) is 33.3 Å². The quantitative estimate of drug-likeness (QED) is 0.0632. The zero-order valence-electron chi connectivity index (χ0n) is 58.8. The third kappa shape index (κ3) is 27.5. The molecule has 0 saturated heterocycles. The molecule has 81 heavy (non-hydrogen) atoms. The summed E-state index contributed by atoms with van der Waals surface area (Å²) in [6.45, 7) is 75.2. The molecule has 0 amide bonds. The van der Waals surface area contributed by atoms with Crippen molar-refractivity contribution in [2.75, 3.05) is 20.3 Å². The maximum atomic E-state index is 13.2. The molecule has 0 radical (unpaired) electrons. The highest BCUT2D eigenvalue weighted by molar-refractivity contribution is 8.01. The number of esters is 2. The first-order valence-electron chi connectivity index (χ1n) is 30.1. The van der Waals surface area contributed by atoms with Gasteiger partial charge in [-0.3, -0.25) is 9.59 Å². The van der Waals surface area contributed by atoms with Crippen LogP contribution in [0.25, 0.3) is 0 Å². The standard InChI is InChI=1S/C36H68O6SSi2.C28H60O5SSi2/c1-26(24-39-25-28-19-21-29(38-14)22-20-28)32(42-45(17,18)35(9,10)11)27(2)43-36(12,13)30(23-31(37)40-33(3,4)5)41-44(15,16)34(6,7)8;1-20(19-29)24(33-36(16,17)27(9,10)11)21(2)34-28(12,13)22(18-23(30)31-25(3,4)5)32-35(14,15)26(6,7)8/h19-22,26-27,30,32H,23-25H2,1-18H3;20-22,24,29H,18-19H2,1-17H3/t26-,27+,30?,32-;20-,21+,22?,24-/m00/s1. The fourth-order valence-corrected chi connectivity index (χ4v) is 17.5. The lowest BCUT2D eigenvalue weighted by Gasteiger charge is -2.47. The van der Waals surface area contributed by atoms with Crippen molar-refractivity contribution in [1.29, 1.82) is 0 Å². The van der Waals surface area contributed by atoms with Crippen LogP contribution in [0.3, 0.4) is 0 Å². The van der Waals surface area contributed by atoms with Crippen LogP contribution in [-0.2, 0) is 48.1 Å². The van der Waals surface area contributed by atoms with Crippen molar-refractivity contribution in [1.82, 2.24) is 0 Å². The van der Waals surface area contributed by atoms with Gasteiger partial charge in [-0.15, -0.1) is 23.5 Å².